The van der Waals surface area contributed by atoms with Crippen LogP contribution in [0.4, 0.5) is 18.9 Å². The fourth-order valence-electron chi connectivity index (χ4n) is 3.30. The zero-order valence-electron chi connectivity index (χ0n) is 17.5. The largest absolute Gasteiger partial charge is 0.464 e. The molecule has 1 heterocycles. The number of nitrogens with zero attached hydrogens (tertiary/aromatic N) is 1. The highest BCUT2D eigenvalue weighted by Gasteiger charge is 2.21. The van der Waals surface area contributed by atoms with E-state index >= 15 is 0 Å². The van der Waals surface area contributed by atoms with E-state index in [1.165, 1.54) is 11.2 Å². The maximum Gasteiger partial charge on any atom is 0.244 e. The van der Waals surface area contributed by atoms with Crippen LogP contribution in [-0.2, 0) is 16.0 Å². The van der Waals surface area contributed by atoms with Gasteiger partial charge >= 0.3 is 0 Å². The van der Waals surface area contributed by atoms with E-state index in [0.29, 0.717) is 24.1 Å². The first-order valence-corrected chi connectivity index (χ1v) is 9.89. The summed E-state index contributed by atoms with van der Waals surface area (Å²) in [5.74, 6) is -5.52. The zero-order valence-corrected chi connectivity index (χ0v) is 17.5. The first-order valence-electron chi connectivity index (χ1n) is 9.89. The van der Waals surface area contributed by atoms with Crippen molar-refractivity contribution in [1.82, 2.24) is 4.90 Å². The first-order chi connectivity index (χ1) is 14.7. The average molecular weight is 432 g/mol. The van der Waals surface area contributed by atoms with E-state index in [4.69, 9.17) is 4.42 Å². The van der Waals surface area contributed by atoms with Crippen molar-refractivity contribution in [3.8, 4) is 0 Å². The zero-order chi connectivity index (χ0) is 22.7. The molecule has 0 aliphatic heterocycles. The molecule has 1 aromatic heterocycles. The number of rotatable bonds is 7. The lowest BCUT2D eigenvalue weighted by atomic mass is 10.0. The summed E-state index contributed by atoms with van der Waals surface area (Å²) in [4.78, 5) is 26.6. The van der Waals surface area contributed by atoms with Gasteiger partial charge in [0.1, 0.15) is 5.58 Å². The molecule has 0 bridgehead atoms. The van der Waals surface area contributed by atoms with Crippen LogP contribution in [0, 0.1) is 31.3 Å². The molecule has 0 fully saturated rings. The number of aryl methyl sites for hydroxylation is 2. The number of fused-ring (bicyclic) bond motifs is 1. The summed E-state index contributed by atoms with van der Waals surface area (Å²) in [6.45, 7) is 5.75. The van der Waals surface area contributed by atoms with E-state index < -0.39 is 29.0 Å². The highest BCUT2D eigenvalue weighted by Crippen LogP contribution is 2.25. The molecule has 2 aromatic carbocycles. The van der Waals surface area contributed by atoms with Gasteiger partial charge in [0.25, 0.3) is 0 Å². The minimum Gasteiger partial charge on any atom is -0.464 e. The lowest BCUT2D eigenvalue weighted by Crippen LogP contribution is -2.39. The smallest absolute Gasteiger partial charge is 0.244 e. The lowest BCUT2D eigenvalue weighted by Gasteiger charge is -2.21. The molecule has 0 radical (unpaired) electrons. The fraction of sp³-hybridized carbons (Fsp3) is 0.304. The Labute approximate surface area is 177 Å². The van der Waals surface area contributed by atoms with Crippen LogP contribution >= 0.6 is 0 Å². The Kier molecular flexibility index (Phi) is 6.68. The summed E-state index contributed by atoms with van der Waals surface area (Å²) in [7, 11) is 0. The van der Waals surface area contributed by atoms with Crippen molar-refractivity contribution >= 4 is 28.5 Å². The molecule has 0 saturated carbocycles. The predicted molar refractivity (Wildman–Crippen MR) is 111 cm³/mol. The molecule has 1 N–H and O–H groups in total. The number of halogens is 3. The van der Waals surface area contributed by atoms with Crippen LogP contribution in [0.3, 0.4) is 0 Å². The van der Waals surface area contributed by atoms with Crippen LogP contribution in [0.2, 0.25) is 0 Å². The van der Waals surface area contributed by atoms with E-state index in [-0.39, 0.29) is 18.9 Å². The molecule has 0 spiro atoms. The molecule has 164 valence electrons. The number of carbonyl (C=O) groups excluding carboxylic acids is 2. The average Bonchev–Trinajstić information content (AvgIpc) is 3.09. The molecule has 8 heteroatoms. The van der Waals surface area contributed by atoms with Gasteiger partial charge in [-0.25, -0.2) is 13.2 Å². The SMILES string of the molecule is CCCN(CC(=O)Nc1ccc(F)c(F)c1F)C(=O)Cc1coc2cc(C)c(C)cc12. The molecule has 3 rings (SSSR count). The minimum absolute atomic E-state index is 0.0301. The van der Waals surface area contributed by atoms with Crippen molar-refractivity contribution in [1.29, 1.82) is 0 Å². The summed E-state index contributed by atoms with van der Waals surface area (Å²) in [5, 5.41) is 3.03. The standard InChI is InChI=1S/C23H23F3N2O3/c1-4-7-28(11-20(29)27-18-6-5-17(24)22(25)23(18)26)21(30)10-15-12-31-19-9-14(3)13(2)8-16(15)19/h5-6,8-9,12H,4,7,10-11H2,1-3H3,(H,27,29). The molecule has 0 saturated heterocycles. The highest BCUT2D eigenvalue weighted by molar-refractivity contribution is 5.95. The van der Waals surface area contributed by atoms with Crippen LogP contribution in [0.15, 0.2) is 34.9 Å². The van der Waals surface area contributed by atoms with Crippen LogP contribution in [0.1, 0.15) is 30.0 Å². The number of amides is 2. The summed E-state index contributed by atoms with van der Waals surface area (Å²) in [5.41, 5.74) is 3.05. The van der Waals surface area contributed by atoms with Gasteiger partial charge < -0.3 is 14.6 Å². The van der Waals surface area contributed by atoms with E-state index in [9.17, 15) is 22.8 Å². The number of carbonyl (C=O) groups is 2. The van der Waals surface area contributed by atoms with Gasteiger partial charge in [0.05, 0.1) is 24.9 Å². The van der Waals surface area contributed by atoms with Crippen LogP contribution in [0.5, 0.6) is 0 Å². The normalized spacial score (nSPS) is 11.0. The Morgan fingerprint density at radius 3 is 2.48 bits per heavy atom. The molecular weight excluding hydrogens is 409 g/mol. The summed E-state index contributed by atoms with van der Waals surface area (Å²) in [6.07, 6.45) is 2.16. The molecule has 0 aliphatic rings. The van der Waals surface area contributed by atoms with E-state index in [2.05, 4.69) is 5.32 Å². The van der Waals surface area contributed by atoms with Crippen molar-refractivity contribution in [2.24, 2.45) is 0 Å². The van der Waals surface area contributed by atoms with Crippen molar-refractivity contribution in [3.63, 3.8) is 0 Å². The van der Waals surface area contributed by atoms with Crippen molar-refractivity contribution in [3.05, 3.63) is 64.7 Å². The van der Waals surface area contributed by atoms with Gasteiger partial charge in [0.15, 0.2) is 17.5 Å². The van der Waals surface area contributed by atoms with E-state index in [1.807, 2.05) is 32.9 Å². The number of nitrogens with one attached hydrogen (secondary N) is 1. The van der Waals surface area contributed by atoms with Crippen molar-refractivity contribution < 1.29 is 27.2 Å². The van der Waals surface area contributed by atoms with Crippen LogP contribution in [0.25, 0.3) is 11.0 Å². The van der Waals surface area contributed by atoms with Crippen LogP contribution < -0.4 is 5.32 Å². The Hall–Kier alpha value is -3.29. The van der Waals surface area contributed by atoms with Gasteiger partial charge in [-0.3, -0.25) is 9.59 Å². The monoisotopic (exact) mass is 432 g/mol. The Morgan fingerprint density at radius 1 is 1.06 bits per heavy atom. The number of benzene rings is 2. The number of hydrogen-bond donors (Lipinski definition) is 1. The summed E-state index contributed by atoms with van der Waals surface area (Å²) < 4.78 is 45.8. The molecule has 5 nitrogen and oxygen atoms in total. The molecule has 2 amide bonds. The lowest BCUT2D eigenvalue weighted by molar-refractivity contribution is -0.134. The minimum atomic E-state index is -1.67. The van der Waals surface area contributed by atoms with Gasteiger partial charge in [-0.15, -0.1) is 0 Å². The fourth-order valence-corrected chi connectivity index (χ4v) is 3.30. The third-order valence-corrected chi connectivity index (χ3v) is 5.10. The number of anilines is 1. The Bertz CT molecular complexity index is 1140. The topological polar surface area (TPSA) is 62.6 Å². The molecule has 0 unspecified atom stereocenters. The second kappa shape index (κ2) is 9.24. The molecule has 31 heavy (non-hydrogen) atoms. The van der Waals surface area contributed by atoms with Gasteiger partial charge in [-0.2, -0.15) is 0 Å². The van der Waals surface area contributed by atoms with Crippen molar-refractivity contribution in [2.75, 3.05) is 18.4 Å². The van der Waals surface area contributed by atoms with E-state index in [1.54, 1.807) is 0 Å². The maximum absolute atomic E-state index is 13.8. The first kappa shape index (κ1) is 22.4. The third kappa shape index (κ3) is 4.90. The quantitative estimate of drug-likeness (QED) is 0.541. The van der Waals surface area contributed by atoms with Gasteiger partial charge in [0.2, 0.25) is 11.8 Å². The molecular formula is C23H23F3N2O3. The van der Waals surface area contributed by atoms with Gasteiger partial charge in [-0.1, -0.05) is 6.92 Å². The Balaban J connectivity index is 1.73. The third-order valence-electron chi connectivity index (χ3n) is 5.10. The summed E-state index contributed by atoms with van der Waals surface area (Å²) in [6, 6.07) is 5.52. The predicted octanol–water partition coefficient (Wildman–Crippen LogP) is 4.89. The van der Waals surface area contributed by atoms with E-state index in [0.717, 1.165) is 28.6 Å². The number of furan rings is 1. The Morgan fingerprint density at radius 2 is 1.77 bits per heavy atom. The summed E-state index contributed by atoms with van der Waals surface area (Å²) >= 11 is 0. The maximum atomic E-state index is 13.8. The van der Waals surface area contributed by atoms with Crippen molar-refractivity contribution in [2.45, 2.75) is 33.6 Å². The van der Waals surface area contributed by atoms with Gasteiger partial charge in [0, 0.05) is 17.5 Å². The second-order valence-corrected chi connectivity index (χ2v) is 7.46. The molecule has 0 atom stereocenters. The van der Waals surface area contributed by atoms with Crippen LogP contribution in [-0.4, -0.2) is 29.8 Å². The second-order valence-electron chi connectivity index (χ2n) is 7.46. The number of hydrogen-bond acceptors (Lipinski definition) is 3. The molecule has 3 aromatic rings. The molecule has 0 aliphatic carbocycles. The highest BCUT2D eigenvalue weighted by atomic mass is 19.2. The van der Waals surface area contributed by atoms with Gasteiger partial charge in [-0.05, 0) is 55.7 Å².